The molecule has 2 unspecified atom stereocenters. The summed E-state index contributed by atoms with van der Waals surface area (Å²) >= 11 is 0. The number of nitrogens with zero attached hydrogens (tertiary/aromatic N) is 4. The Bertz CT molecular complexity index is 646. The Kier molecular flexibility index (Phi) is 12.8. The molecule has 2 saturated heterocycles. The summed E-state index contributed by atoms with van der Waals surface area (Å²) in [5.74, 6) is 0.293. The van der Waals surface area contributed by atoms with Crippen molar-refractivity contribution in [3.63, 3.8) is 0 Å². The zero-order valence-corrected chi connectivity index (χ0v) is 20.2. The summed E-state index contributed by atoms with van der Waals surface area (Å²) in [6.45, 7) is 12.0. The van der Waals surface area contributed by atoms with Gasteiger partial charge in [0.25, 0.3) is 5.91 Å². The van der Waals surface area contributed by atoms with E-state index in [1.54, 1.807) is 17.3 Å². The lowest BCUT2D eigenvalue weighted by atomic mass is 10.0. The van der Waals surface area contributed by atoms with Gasteiger partial charge in [0, 0.05) is 31.4 Å². The van der Waals surface area contributed by atoms with Crippen LogP contribution in [0.4, 0.5) is 0 Å². The Hall–Kier alpha value is -2.23. The van der Waals surface area contributed by atoms with E-state index in [1.807, 2.05) is 11.8 Å². The van der Waals surface area contributed by atoms with Crippen LogP contribution >= 0.6 is 0 Å². The normalized spacial score (nSPS) is 21.5. The number of piperidine rings is 1. The highest BCUT2D eigenvalue weighted by Gasteiger charge is 2.38. The lowest BCUT2D eigenvalue weighted by Crippen LogP contribution is -2.50. The number of aliphatic imine (C=N–C) groups is 1. The van der Waals surface area contributed by atoms with Gasteiger partial charge in [-0.05, 0) is 66.2 Å². The van der Waals surface area contributed by atoms with Gasteiger partial charge in [-0.3, -0.25) is 9.59 Å². The molecule has 2 heterocycles. The molecule has 2 fully saturated rings. The third kappa shape index (κ3) is 8.03. The molecule has 2 aliphatic rings. The van der Waals surface area contributed by atoms with E-state index in [0.717, 1.165) is 25.9 Å². The molecule has 2 aliphatic heterocycles. The van der Waals surface area contributed by atoms with Crippen LogP contribution in [-0.4, -0.2) is 92.0 Å². The van der Waals surface area contributed by atoms with Crippen molar-refractivity contribution in [3.8, 4) is 0 Å². The molecule has 0 radical (unpaired) electrons. The van der Waals surface area contributed by atoms with Gasteiger partial charge in [-0.15, -0.1) is 0 Å². The first-order valence-corrected chi connectivity index (χ1v) is 11.3. The number of hydrogen-bond acceptors (Lipinski definition) is 8. The predicted molar refractivity (Wildman–Crippen MR) is 127 cm³/mol. The van der Waals surface area contributed by atoms with E-state index < -0.39 is 6.10 Å². The average molecular weight is 452 g/mol. The highest BCUT2D eigenvalue weighted by Crippen LogP contribution is 2.28. The van der Waals surface area contributed by atoms with Crippen LogP contribution in [0.25, 0.3) is 0 Å². The van der Waals surface area contributed by atoms with Gasteiger partial charge in [0.2, 0.25) is 0 Å². The Labute approximate surface area is 192 Å². The maximum absolute atomic E-state index is 13.4. The molecule has 2 rings (SSSR count). The van der Waals surface area contributed by atoms with E-state index in [-0.39, 0.29) is 24.1 Å². The number of methoxy groups -OCH3 is 1. The first-order chi connectivity index (χ1) is 15.4. The summed E-state index contributed by atoms with van der Waals surface area (Å²) in [7, 11) is 4.98. The highest BCUT2D eigenvalue weighted by atomic mass is 16.5. The third-order valence-corrected chi connectivity index (χ3v) is 5.78. The number of ether oxygens (including phenoxy) is 2. The topological polar surface area (TPSA) is 101 Å². The minimum Gasteiger partial charge on any atom is -0.469 e. The molecule has 9 nitrogen and oxygen atoms in total. The maximum atomic E-state index is 13.4. The number of carbonyl (C=O) groups is 2. The van der Waals surface area contributed by atoms with E-state index >= 15 is 0 Å². The summed E-state index contributed by atoms with van der Waals surface area (Å²) in [5.41, 5.74) is 4.50. The van der Waals surface area contributed by atoms with Crippen molar-refractivity contribution < 1.29 is 19.1 Å². The Morgan fingerprint density at radius 1 is 1.25 bits per heavy atom. The molecule has 2 atom stereocenters. The molecule has 0 spiro atoms. The second-order valence-corrected chi connectivity index (χ2v) is 7.80. The number of rotatable bonds is 10. The highest BCUT2D eigenvalue weighted by molar-refractivity contribution is 5.81. The molecule has 32 heavy (non-hydrogen) atoms. The van der Waals surface area contributed by atoms with Gasteiger partial charge in [0.1, 0.15) is 18.2 Å². The minimum atomic E-state index is -0.506. The van der Waals surface area contributed by atoms with Gasteiger partial charge < -0.3 is 29.9 Å². The number of amides is 1. The molecular formula is C23H41N5O4. The van der Waals surface area contributed by atoms with Gasteiger partial charge in [-0.1, -0.05) is 13.2 Å². The standard InChI is InChI=1S/C22H36N4O4.CH5N/c1-6-23-17(3)25(7-2)20-11-10-19(30-20)22(28)26(14-8-9-21(27)29-5)18-12-15-24(4)16-13-18;1-2/h6-7,18-20H,2-3,8-16H2,1,4-5H3;2H2,1H3/b23-6-;. The van der Waals surface area contributed by atoms with Crippen molar-refractivity contribution in [1.29, 1.82) is 0 Å². The predicted octanol–water partition coefficient (Wildman–Crippen LogP) is 1.95. The van der Waals surface area contributed by atoms with Gasteiger partial charge >= 0.3 is 5.97 Å². The SMILES string of the molecule is C=CN(C(=C)/N=C\C)C1CCC(C(=O)N(CCCC(=O)OC)C2CCN(C)CC2)O1.CN. The maximum Gasteiger partial charge on any atom is 0.305 e. The van der Waals surface area contributed by atoms with Crippen LogP contribution in [0.1, 0.15) is 45.4 Å². The van der Waals surface area contributed by atoms with Crippen LogP contribution in [0.15, 0.2) is 30.2 Å². The lowest BCUT2D eigenvalue weighted by Gasteiger charge is -2.38. The largest absolute Gasteiger partial charge is 0.469 e. The molecular weight excluding hydrogens is 410 g/mol. The molecule has 0 aromatic rings. The number of nitrogens with two attached hydrogens (primary N) is 1. The van der Waals surface area contributed by atoms with Crippen LogP contribution < -0.4 is 5.73 Å². The average Bonchev–Trinajstić information content (AvgIpc) is 3.29. The van der Waals surface area contributed by atoms with Crippen LogP contribution in [0, 0.1) is 0 Å². The van der Waals surface area contributed by atoms with E-state index in [4.69, 9.17) is 9.47 Å². The second kappa shape index (κ2) is 14.8. The summed E-state index contributed by atoms with van der Waals surface area (Å²) in [6.07, 6.45) is 6.57. The van der Waals surface area contributed by atoms with Gasteiger partial charge in [-0.2, -0.15) is 0 Å². The van der Waals surface area contributed by atoms with E-state index in [9.17, 15) is 9.59 Å². The number of hydrogen-bond donors (Lipinski definition) is 1. The summed E-state index contributed by atoms with van der Waals surface area (Å²) in [5, 5.41) is 0. The van der Waals surface area contributed by atoms with Crippen molar-refractivity contribution in [2.24, 2.45) is 10.7 Å². The number of likely N-dealkylation sites (tertiary alicyclic amines) is 1. The molecule has 2 N–H and O–H groups in total. The smallest absolute Gasteiger partial charge is 0.305 e. The van der Waals surface area contributed by atoms with Crippen LogP contribution in [-0.2, 0) is 19.1 Å². The summed E-state index contributed by atoms with van der Waals surface area (Å²) < 4.78 is 10.9. The van der Waals surface area contributed by atoms with Crippen molar-refractivity contribution in [3.05, 3.63) is 25.2 Å². The van der Waals surface area contributed by atoms with Gasteiger partial charge in [0.15, 0.2) is 0 Å². The molecule has 0 aliphatic carbocycles. The first kappa shape index (κ1) is 27.8. The molecule has 0 bridgehead atoms. The zero-order chi connectivity index (χ0) is 24.1. The fraction of sp³-hybridized carbons (Fsp3) is 0.696. The molecule has 0 aromatic heterocycles. The minimum absolute atomic E-state index is 0.00513. The van der Waals surface area contributed by atoms with Crippen molar-refractivity contribution in [2.45, 2.75) is 63.8 Å². The van der Waals surface area contributed by atoms with E-state index in [2.05, 4.69) is 35.8 Å². The molecule has 0 aromatic carbocycles. The van der Waals surface area contributed by atoms with Crippen molar-refractivity contribution in [2.75, 3.05) is 40.8 Å². The monoisotopic (exact) mass is 451 g/mol. The van der Waals surface area contributed by atoms with E-state index in [0.29, 0.717) is 38.0 Å². The van der Waals surface area contributed by atoms with Crippen LogP contribution in [0.2, 0.25) is 0 Å². The van der Waals surface area contributed by atoms with E-state index in [1.165, 1.54) is 14.2 Å². The Morgan fingerprint density at radius 2 is 1.91 bits per heavy atom. The Balaban J connectivity index is 0.00000249. The van der Waals surface area contributed by atoms with Crippen molar-refractivity contribution >= 4 is 18.1 Å². The fourth-order valence-corrected chi connectivity index (χ4v) is 4.07. The quantitative estimate of drug-likeness (QED) is 0.400. The second-order valence-electron chi connectivity index (χ2n) is 7.80. The van der Waals surface area contributed by atoms with Crippen LogP contribution in [0.3, 0.4) is 0 Å². The van der Waals surface area contributed by atoms with Gasteiger partial charge in [0.05, 0.1) is 7.11 Å². The van der Waals surface area contributed by atoms with Gasteiger partial charge in [-0.25, -0.2) is 4.99 Å². The lowest BCUT2D eigenvalue weighted by molar-refractivity contribution is -0.150. The third-order valence-electron chi connectivity index (χ3n) is 5.78. The Morgan fingerprint density at radius 3 is 2.47 bits per heavy atom. The first-order valence-electron chi connectivity index (χ1n) is 11.3. The fourth-order valence-electron chi connectivity index (χ4n) is 4.07. The number of carbonyl (C=O) groups excluding carboxylic acids is 2. The summed E-state index contributed by atoms with van der Waals surface area (Å²) in [6, 6.07) is 0.171. The van der Waals surface area contributed by atoms with Crippen molar-refractivity contribution in [1.82, 2.24) is 14.7 Å². The molecule has 9 heteroatoms. The molecule has 182 valence electrons. The molecule has 1 amide bonds. The number of esters is 1. The summed E-state index contributed by atoms with van der Waals surface area (Å²) in [4.78, 5) is 35.1. The zero-order valence-electron chi connectivity index (χ0n) is 20.2. The van der Waals surface area contributed by atoms with Crippen LogP contribution in [0.5, 0.6) is 0 Å². The molecule has 0 saturated carbocycles.